The molecule has 0 bridgehead atoms. The van der Waals surface area contributed by atoms with E-state index in [-0.39, 0.29) is 41.0 Å². The van der Waals surface area contributed by atoms with Crippen molar-refractivity contribution in [3.05, 3.63) is 57.6 Å². The molecule has 13 heteroatoms. The van der Waals surface area contributed by atoms with Crippen LogP contribution in [-0.4, -0.2) is 46.9 Å². The first kappa shape index (κ1) is 29.0. The van der Waals surface area contributed by atoms with Crippen molar-refractivity contribution in [1.82, 2.24) is 10.3 Å². The average molecular weight is 618 g/mol. The van der Waals surface area contributed by atoms with Gasteiger partial charge >= 0.3 is 0 Å². The molecule has 2 aliphatic heterocycles. The second-order valence-electron chi connectivity index (χ2n) is 10.7. The predicted octanol–water partition coefficient (Wildman–Crippen LogP) is 5.24. The monoisotopic (exact) mass is 617 g/mol. The molecule has 1 saturated carbocycles. The highest BCUT2D eigenvalue weighted by Gasteiger charge is 2.48. The summed E-state index contributed by atoms with van der Waals surface area (Å²) >= 11 is 2.44. The summed E-state index contributed by atoms with van der Waals surface area (Å²) in [5.74, 6) is -1.33. The average Bonchev–Trinajstić information content (AvgIpc) is 3.73. The van der Waals surface area contributed by atoms with Crippen LogP contribution < -0.4 is 10.2 Å². The van der Waals surface area contributed by atoms with Crippen LogP contribution >= 0.6 is 23.1 Å². The third kappa shape index (κ3) is 5.90. The number of anilines is 1. The number of hydrogen-bond donors (Lipinski definition) is 1. The van der Waals surface area contributed by atoms with E-state index in [1.165, 1.54) is 28.4 Å². The lowest BCUT2D eigenvalue weighted by Gasteiger charge is -2.19. The number of amides is 3. The van der Waals surface area contributed by atoms with Gasteiger partial charge in [-0.25, -0.2) is 4.98 Å². The zero-order chi connectivity index (χ0) is 30.1. The first-order chi connectivity index (χ1) is 20.8. The van der Waals surface area contributed by atoms with E-state index in [4.69, 9.17) is 4.74 Å². The van der Waals surface area contributed by atoms with E-state index in [2.05, 4.69) is 10.3 Å². The van der Waals surface area contributed by atoms with E-state index in [9.17, 15) is 29.8 Å². The number of rotatable bonds is 8. The quantitative estimate of drug-likeness (QED) is 0.117. The number of nitriles is 1. The third-order valence-corrected chi connectivity index (χ3v) is 10.2. The highest BCUT2D eigenvalue weighted by molar-refractivity contribution is 8.01. The molecule has 3 atom stereocenters. The molecule has 3 amide bonds. The van der Waals surface area contributed by atoms with Crippen molar-refractivity contribution in [1.29, 1.82) is 5.26 Å². The fourth-order valence-corrected chi connectivity index (χ4v) is 8.00. The summed E-state index contributed by atoms with van der Waals surface area (Å²) in [4.78, 5) is 56.3. The molecule has 6 rings (SSSR count). The highest BCUT2D eigenvalue weighted by atomic mass is 32.2. The van der Waals surface area contributed by atoms with Crippen LogP contribution in [0, 0.1) is 33.3 Å². The minimum Gasteiger partial charge on any atom is -0.376 e. The number of aromatic nitrogens is 1. The van der Waals surface area contributed by atoms with E-state index >= 15 is 0 Å². The van der Waals surface area contributed by atoms with Gasteiger partial charge < -0.3 is 10.1 Å². The smallest absolute Gasteiger partial charge is 0.283 e. The number of carbonyl (C=O) groups excluding carboxylic acids is 3. The Morgan fingerprint density at radius 3 is 2.60 bits per heavy atom. The predicted molar refractivity (Wildman–Crippen MR) is 160 cm³/mol. The number of benzene rings is 2. The van der Waals surface area contributed by atoms with Gasteiger partial charge in [-0.2, -0.15) is 5.26 Å². The lowest BCUT2D eigenvalue weighted by Crippen LogP contribution is -2.32. The minimum atomic E-state index is -0.566. The van der Waals surface area contributed by atoms with E-state index < -0.39 is 10.8 Å². The van der Waals surface area contributed by atoms with Gasteiger partial charge in [-0.1, -0.05) is 30.7 Å². The second kappa shape index (κ2) is 12.2. The molecular weight excluding hydrogens is 590 g/mol. The number of fused-ring (bicyclic) bond motifs is 2. The fourth-order valence-electron chi connectivity index (χ4n) is 5.86. The van der Waals surface area contributed by atoms with Gasteiger partial charge in [-0.3, -0.25) is 29.4 Å². The molecule has 43 heavy (non-hydrogen) atoms. The maximum Gasteiger partial charge on any atom is 0.283 e. The molecule has 2 saturated heterocycles. The van der Waals surface area contributed by atoms with E-state index in [0.29, 0.717) is 39.2 Å². The number of nitrogens with one attached hydrogen (secondary N) is 1. The molecule has 1 N–H and O–H groups in total. The Morgan fingerprint density at radius 1 is 1.16 bits per heavy atom. The molecule has 3 fully saturated rings. The number of nitrogens with zero attached hydrogens (tertiary/aromatic N) is 4. The number of ether oxygens (including phenoxy) is 1. The standard InChI is InChI=1S/C30H27N5O6S2/c31-15-18(27(36)32-16-20-4-3-11-41-20)12-17-7-10-25(24(13-17)35(39)40)42-30-33-23-9-8-19(14-26(23)43-30)34-28(37)21-5-1-2-6-22(21)29(34)38/h7-10,12-14,20-22H,1-6,11,16H2,(H,32,36)/b18-12+/t20-,21-,22+/m0/s1. The molecule has 11 nitrogen and oxygen atoms in total. The summed E-state index contributed by atoms with van der Waals surface area (Å²) in [7, 11) is 0. The van der Waals surface area contributed by atoms with Crippen LogP contribution in [0.25, 0.3) is 16.3 Å². The number of hydrogen-bond acceptors (Lipinski definition) is 10. The Labute approximate surface area is 255 Å². The van der Waals surface area contributed by atoms with Gasteiger partial charge in [-0.15, -0.1) is 11.3 Å². The van der Waals surface area contributed by atoms with Gasteiger partial charge in [0.2, 0.25) is 11.8 Å². The lowest BCUT2D eigenvalue weighted by molar-refractivity contribution is -0.387. The van der Waals surface area contributed by atoms with Crippen LogP contribution in [0.3, 0.4) is 0 Å². The van der Waals surface area contributed by atoms with Gasteiger partial charge in [-0.05, 0) is 61.6 Å². The number of nitro benzene ring substituents is 1. The SMILES string of the molecule is N#C/C(=C\c1ccc(Sc2nc3ccc(N4C(=O)[C@H]5CCCC[C@H]5C4=O)cc3s2)c([N+](=O)[O-])c1)C(=O)NC[C@@H]1CCCO1. The normalized spacial score (nSPS) is 22.1. The Kier molecular flexibility index (Phi) is 8.25. The summed E-state index contributed by atoms with van der Waals surface area (Å²) in [6.07, 6.45) is 6.40. The van der Waals surface area contributed by atoms with Gasteiger partial charge in [0, 0.05) is 19.2 Å². The second-order valence-corrected chi connectivity index (χ2v) is 13.1. The third-order valence-electron chi connectivity index (χ3n) is 8.02. The summed E-state index contributed by atoms with van der Waals surface area (Å²) in [6.45, 7) is 0.942. The highest BCUT2D eigenvalue weighted by Crippen LogP contribution is 2.43. The van der Waals surface area contributed by atoms with Crippen molar-refractivity contribution >= 4 is 68.5 Å². The van der Waals surface area contributed by atoms with Gasteiger partial charge in [0.25, 0.3) is 11.6 Å². The lowest BCUT2D eigenvalue weighted by atomic mass is 9.81. The van der Waals surface area contributed by atoms with Crippen molar-refractivity contribution in [3.8, 4) is 6.07 Å². The molecular formula is C30H27N5O6S2. The first-order valence-electron chi connectivity index (χ1n) is 14.1. The maximum absolute atomic E-state index is 13.0. The zero-order valence-corrected chi connectivity index (χ0v) is 24.6. The molecule has 220 valence electrons. The molecule has 1 aromatic heterocycles. The summed E-state index contributed by atoms with van der Waals surface area (Å²) in [6, 6.07) is 11.6. The van der Waals surface area contributed by atoms with Crippen LogP contribution in [0.1, 0.15) is 44.1 Å². The summed E-state index contributed by atoms with van der Waals surface area (Å²) < 4.78 is 6.79. The Morgan fingerprint density at radius 2 is 1.93 bits per heavy atom. The minimum absolute atomic E-state index is 0.0788. The largest absolute Gasteiger partial charge is 0.376 e. The molecule has 3 aromatic rings. The van der Waals surface area contributed by atoms with Crippen LogP contribution in [0.5, 0.6) is 0 Å². The van der Waals surface area contributed by atoms with Crippen molar-refractivity contribution in [2.75, 3.05) is 18.1 Å². The molecule has 3 heterocycles. The van der Waals surface area contributed by atoms with E-state index in [1.54, 1.807) is 30.3 Å². The molecule has 2 aromatic carbocycles. The molecule has 0 radical (unpaired) electrons. The van der Waals surface area contributed by atoms with Crippen molar-refractivity contribution in [2.24, 2.45) is 11.8 Å². The van der Waals surface area contributed by atoms with Gasteiger partial charge in [0.15, 0.2) is 4.34 Å². The number of imide groups is 1. The molecule has 3 aliphatic rings. The molecule has 0 spiro atoms. The Balaban J connectivity index is 1.20. The number of nitro groups is 1. The molecule has 0 unspecified atom stereocenters. The van der Waals surface area contributed by atoms with E-state index in [0.717, 1.165) is 55.0 Å². The number of carbonyl (C=O) groups is 3. The van der Waals surface area contributed by atoms with Crippen LogP contribution in [0.15, 0.2) is 51.2 Å². The Hall–Kier alpha value is -4.12. The van der Waals surface area contributed by atoms with Crippen molar-refractivity contribution in [2.45, 2.75) is 53.9 Å². The van der Waals surface area contributed by atoms with Gasteiger partial charge in [0.1, 0.15) is 11.6 Å². The molecule has 1 aliphatic carbocycles. The van der Waals surface area contributed by atoms with Crippen LogP contribution in [-0.2, 0) is 19.1 Å². The van der Waals surface area contributed by atoms with E-state index in [1.807, 2.05) is 6.07 Å². The Bertz CT molecular complexity index is 1680. The van der Waals surface area contributed by atoms with Crippen LogP contribution in [0.2, 0.25) is 0 Å². The van der Waals surface area contributed by atoms with Crippen LogP contribution in [0.4, 0.5) is 11.4 Å². The number of thiazole rings is 1. The van der Waals surface area contributed by atoms with Gasteiger partial charge in [0.05, 0.1) is 43.7 Å². The summed E-state index contributed by atoms with van der Waals surface area (Å²) in [5, 5.41) is 24.2. The zero-order valence-electron chi connectivity index (χ0n) is 23.0. The first-order valence-corrected chi connectivity index (χ1v) is 15.7. The maximum atomic E-state index is 13.0. The summed E-state index contributed by atoms with van der Waals surface area (Å²) in [5.41, 5.74) is 1.17. The topological polar surface area (TPSA) is 156 Å². The van der Waals surface area contributed by atoms with Crippen molar-refractivity contribution in [3.63, 3.8) is 0 Å². The fraction of sp³-hybridized carbons (Fsp3) is 0.367. The van der Waals surface area contributed by atoms with Crippen molar-refractivity contribution < 1.29 is 24.0 Å².